The summed E-state index contributed by atoms with van der Waals surface area (Å²) < 4.78 is 0. The first-order valence-corrected chi connectivity index (χ1v) is 10.5. The van der Waals surface area contributed by atoms with Crippen molar-refractivity contribution in [2.45, 2.75) is 44.2 Å². The number of amides is 1. The van der Waals surface area contributed by atoms with Crippen molar-refractivity contribution in [1.82, 2.24) is 0 Å². The van der Waals surface area contributed by atoms with Crippen molar-refractivity contribution < 1.29 is 49.5 Å². The van der Waals surface area contributed by atoms with Crippen molar-refractivity contribution in [2.75, 3.05) is 4.90 Å². The first kappa shape index (κ1) is 27.0. The molecule has 11 heteroatoms. The Morgan fingerprint density at radius 3 is 1.89 bits per heavy atom. The second-order valence-corrected chi connectivity index (χ2v) is 7.92. The maximum atomic E-state index is 12.4. The number of nitrogens with zero attached hydrogens (tertiary/aromatic N) is 1. The molecule has 35 heavy (non-hydrogen) atoms. The zero-order valence-corrected chi connectivity index (χ0v) is 18.7. The maximum Gasteiger partial charge on any atom is 0.336 e. The van der Waals surface area contributed by atoms with Gasteiger partial charge in [0.2, 0.25) is 0 Å². The Labute approximate surface area is 199 Å². The zero-order valence-electron chi connectivity index (χ0n) is 18.7. The van der Waals surface area contributed by atoms with Crippen LogP contribution in [0.4, 0.5) is 5.69 Å². The molecular weight excluding hydrogens is 462 g/mol. The summed E-state index contributed by atoms with van der Waals surface area (Å²) in [6, 6.07) is 14.8. The van der Waals surface area contributed by atoms with Crippen LogP contribution in [0, 0.1) is 0 Å². The Balaban J connectivity index is 0.000000287. The molecular formula is C24H25NO10. The lowest BCUT2D eigenvalue weighted by molar-refractivity contribution is -0.170. The third kappa shape index (κ3) is 6.64. The van der Waals surface area contributed by atoms with Crippen LogP contribution in [0.3, 0.4) is 0 Å². The van der Waals surface area contributed by atoms with Crippen molar-refractivity contribution in [3.05, 3.63) is 65.2 Å². The summed E-state index contributed by atoms with van der Waals surface area (Å²) in [5.74, 6) is -6.34. The van der Waals surface area contributed by atoms with E-state index in [4.69, 9.17) is 20.4 Å². The Morgan fingerprint density at radius 1 is 0.914 bits per heavy atom. The smallest absolute Gasteiger partial charge is 0.336 e. The van der Waals surface area contributed by atoms with Crippen molar-refractivity contribution in [1.29, 1.82) is 0 Å². The molecule has 0 saturated carbocycles. The van der Waals surface area contributed by atoms with Crippen LogP contribution in [0.2, 0.25) is 0 Å². The molecule has 11 nitrogen and oxygen atoms in total. The monoisotopic (exact) mass is 487 g/mol. The van der Waals surface area contributed by atoms with Gasteiger partial charge in [-0.2, -0.15) is 0 Å². The minimum Gasteiger partial charge on any atom is -0.481 e. The SMILES string of the molecule is CC[C@H](C(=O)O)c1ccc(N2Cc3ccccc3C2=O)cc1.O=C(O)CC(O)(CC(=O)O)C(=O)O. The third-order valence-corrected chi connectivity index (χ3v) is 5.42. The molecule has 0 bridgehead atoms. The number of carboxylic acid groups (broad SMARTS) is 4. The third-order valence-electron chi connectivity index (χ3n) is 5.42. The van der Waals surface area contributed by atoms with Crippen LogP contribution >= 0.6 is 0 Å². The average molecular weight is 487 g/mol. The van der Waals surface area contributed by atoms with Gasteiger partial charge < -0.3 is 30.4 Å². The summed E-state index contributed by atoms with van der Waals surface area (Å²) in [5.41, 5.74) is 0.586. The first-order valence-electron chi connectivity index (χ1n) is 10.5. The van der Waals surface area contributed by atoms with E-state index in [0.29, 0.717) is 13.0 Å². The Kier molecular flexibility index (Phi) is 8.68. The van der Waals surface area contributed by atoms with E-state index in [-0.39, 0.29) is 5.91 Å². The summed E-state index contributed by atoms with van der Waals surface area (Å²) in [6.45, 7) is 2.41. The molecule has 0 fully saturated rings. The highest BCUT2D eigenvalue weighted by Gasteiger charge is 2.40. The number of aliphatic carboxylic acids is 4. The van der Waals surface area contributed by atoms with Crippen molar-refractivity contribution in [3.63, 3.8) is 0 Å². The predicted molar refractivity (Wildman–Crippen MR) is 121 cm³/mol. The highest BCUT2D eigenvalue weighted by molar-refractivity contribution is 6.10. The van der Waals surface area contributed by atoms with E-state index < -0.39 is 48.2 Å². The van der Waals surface area contributed by atoms with Gasteiger partial charge in [-0.1, -0.05) is 37.3 Å². The van der Waals surface area contributed by atoms with Gasteiger partial charge in [-0.05, 0) is 35.7 Å². The molecule has 186 valence electrons. The Hall–Kier alpha value is -4.25. The van der Waals surface area contributed by atoms with E-state index in [1.807, 2.05) is 43.3 Å². The Morgan fingerprint density at radius 2 is 1.46 bits per heavy atom. The lowest BCUT2D eigenvalue weighted by Crippen LogP contribution is -2.42. The molecule has 0 aliphatic carbocycles. The molecule has 0 aromatic heterocycles. The summed E-state index contributed by atoms with van der Waals surface area (Å²) >= 11 is 0. The highest BCUT2D eigenvalue weighted by atomic mass is 16.4. The van der Waals surface area contributed by atoms with E-state index >= 15 is 0 Å². The molecule has 0 spiro atoms. The van der Waals surface area contributed by atoms with Crippen LogP contribution in [0.25, 0.3) is 0 Å². The van der Waals surface area contributed by atoms with Crippen LogP contribution < -0.4 is 4.90 Å². The van der Waals surface area contributed by atoms with Gasteiger partial charge in [0.1, 0.15) is 0 Å². The maximum absolute atomic E-state index is 12.4. The molecule has 1 aliphatic rings. The van der Waals surface area contributed by atoms with Gasteiger partial charge in [0.05, 0.1) is 25.3 Å². The number of carboxylic acids is 4. The van der Waals surface area contributed by atoms with E-state index in [1.54, 1.807) is 17.0 Å². The van der Waals surface area contributed by atoms with Gasteiger partial charge >= 0.3 is 23.9 Å². The van der Waals surface area contributed by atoms with Crippen LogP contribution in [-0.2, 0) is 25.7 Å². The molecule has 1 aliphatic heterocycles. The van der Waals surface area contributed by atoms with E-state index in [9.17, 15) is 29.1 Å². The molecule has 5 N–H and O–H groups in total. The number of aliphatic hydroxyl groups is 1. The van der Waals surface area contributed by atoms with E-state index in [0.717, 1.165) is 22.4 Å². The normalized spacial score (nSPS) is 13.3. The second-order valence-electron chi connectivity index (χ2n) is 7.92. The molecule has 1 heterocycles. The second kappa shape index (κ2) is 11.3. The van der Waals surface area contributed by atoms with E-state index in [1.165, 1.54) is 0 Å². The molecule has 1 atom stereocenters. The number of hydrogen-bond acceptors (Lipinski definition) is 6. The zero-order chi connectivity index (χ0) is 26.3. The molecule has 3 rings (SSSR count). The van der Waals surface area contributed by atoms with Gasteiger partial charge in [-0.25, -0.2) is 4.79 Å². The van der Waals surface area contributed by atoms with Crippen LogP contribution in [0.15, 0.2) is 48.5 Å². The molecule has 2 aromatic carbocycles. The number of carbonyl (C=O) groups is 5. The van der Waals surface area contributed by atoms with Crippen LogP contribution in [0.5, 0.6) is 0 Å². The number of rotatable bonds is 9. The molecule has 0 unspecified atom stereocenters. The minimum absolute atomic E-state index is 0.00590. The van der Waals surface area contributed by atoms with Gasteiger partial charge in [0, 0.05) is 11.3 Å². The number of anilines is 1. The topological polar surface area (TPSA) is 190 Å². The molecule has 0 radical (unpaired) electrons. The van der Waals surface area contributed by atoms with Crippen LogP contribution in [-0.4, -0.2) is 60.9 Å². The molecule has 2 aromatic rings. The highest BCUT2D eigenvalue weighted by Crippen LogP contribution is 2.30. The van der Waals surface area contributed by atoms with Gasteiger partial charge in [-0.15, -0.1) is 0 Å². The van der Waals surface area contributed by atoms with Crippen molar-refractivity contribution >= 4 is 35.5 Å². The number of fused-ring (bicyclic) bond motifs is 1. The number of carbonyl (C=O) groups excluding carboxylic acids is 1. The van der Waals surface area contributed by atoms with Gasteiger partial charge in [-0.3, -0.25) is 19.2 Å². The first-order chi connectivity index (χ1) is 16.4. The standard InChI is InChI=1S/C18H17NO3.C6H8O7/c1-2-15(18(21)22)12-7-9-14(10-8-12)19-11-13-5-3-4-6-16(13)17(19)20;7-3(8)1-6(13,5(11)12)2-4(9)10/h3-10,15H,2,11H2,1H3,(H,21,22);13H,1-2H2,(H,7,8)(H,9,10)(H,11,12)/t15-;/m0./s1. The fourth-order valence-corrected chi connectivity index (χ4v) is 3.62. The Bertz CT molecular complexity index is 1110. The molecule has 0 saturated heterocycles. The number of benzene rings is 2. The fraction of sp³-hybridized carbons (Fsp3) is 0.292. The van der Waals surface area contributed by atoms with Gasteiger partial charge in [0.15, 0.2) is 5.60 Å². The van der Waals surface area contributed by atoms with Gasteiger partial charge in [0.25, 0.3) is 5.91 Å². The fourth-order valence-electron chi connectivity index (χ4n) is 3.62. The van der Waals surface area contributed by atoms with Crippen molar-refractivity contribution in [3.8, 4) is 0 Å². The quantitative estimate of drug-likeness (QED) is 0.350. The van der Waals surface area contributed by atoms with Crippen LogP contribution in [0.1, 0.15) is 53.6 Å². The lowest BCUT2D eigenvalue weighted by atomic mass is 9.96. The summed E-state index contributed by atoms with van der Waals surface area (Å²) in [5, 5.41) is 43.0. The summed E-state index contributed by atoms with van der Waals surface area (Å²) in [4.78, 5) is 55.8. The molecule has 1 amide bonds. The average Bonchev–Trinajstić information content (AvgIpc) is 3.10. The summed E-state index contributed by atoms with van der Waals surface area (Å²) in [6.07, 6.45) is -1.74. The largest absolute Gasteiger partial charge is 0.481 e. The minimum atomic E-state index is -2.74. The number of hydrogen-bond donors (Lipinski definition) is 5. The van der Waals surface area contributed by atoms with Crippen molar-refractivity contribution in [2.24, 2.45) is 0 Å². The lowest BCUT2D eigenvalue weighted by Gasteiger charge is -2.18. The predicted octanol–water partition coefficient (Wildman–Crippen LogP) is 2.18. The van der Waals surface area contributed by atoms with E-state index in [2.05, 4.69) is 0 Å². The summed E-state index contributed by atoms with van der Waals surface area (Å²) in [7, 11) is 0.